The largest absolute Gasteiger partial charge is 0.485 e. The van der Waals surface area contributed by atoms with Gasteiger partial charge in [0, 0.05) is 35.1 Å². The zero-order chi connectivity index (χ0) is 17.5. The van der Waals surface area contributed by atoms with E-state index in [0.29, 0.717) is 35.9 Å². The molecule has 1 aromatic carbocycles. The molecule has 0 unspecified atom stereocenters. The maximum atomic E-state index is 12.0. The minimum atomic E-state index is -0.141. The summed E-state index contributed by atoms with van der Waals surface area (Å²) in [6.07, 6.45) is 4.03. The molecule has 0 aliphatic rings. The summed E-state index contributed by atoms with van der Waals surface area (Å²) in [5.74, 6) is 0.575. The Hall–Kier alpha value is -2.44. The van der Waals surface area contributed by atoms with Crippen LogP contribution in [0.4, 0.5) is 0 Å². The molecule has 128 valence electrons. The van der Waals surface area contributed by atoms with Gasteiger partial charge in [-0.15, -0.1) is 11.3 Å². The normalized spacial score (nSPS) is 10.4. The number of hydrogen-bond acceptors (Lipinski definition) is 5. The van der Waals surface area contributed by atoms with Crippen LogP contribution in [0.15, 0.2) is 54.2 Å². The van der Waals surface area contributed by atoms with Gasteiger partial charge in [-0.2, -0.15) is 0 Å². The Kier molecular flexibility index (Phi) is 5.98. The predicted octanol–water partition coefficient (Wildman–Crippen LogP) is 3.74. The van der Waals surface area contributed by atoms with E-state index < -0.39 is 0 Å². The van der Waals surface area contributed by atoms with Crippen LogP contribution in [0.1, 0.15) is 21.1 Å². The third-order valence-corrected chi connectivity index (χ3v) is 4.46. The van der Waals surface area contributed by atoms with Crippen LogP contribution in [0, 0.1) is 0 Å². The lowest BCUT2D eigenvalue weighted by atomic mass is 10.2. The van der Waals surface area contributed by atoms with E-state index >= 15 is 0 Å². The smallest absolute Gasteiger partial charge is 0.251 e. The van der Waals surface area contributed by atoms with Crippen molar-refractivity contribution >= 4 is 28.8 Å². The van der Waals surface area contributed by atoms with Crippen molar-refractivity contribution in [2.45, 2.75) is 13.0 Å². The number of nitrogens with one attached hydrogen (secondary N) is 1. The monoisotopic (exact) mass is 373 g/mol. The summed E-state index contributed by atoms with van der Waals surface area (Å²) < 4.78 is 5.62. The third-order valence-electron chi connectivity index (χ3n) is 3.35. The minimum absolute atomic E-state index is 0.141. The molecule has 25 heavy (non-hydrogen) atoms. The molecule has 2 heterocycles. The van der Waals surface area contributed by atoms with E-state index in [2.05, 4.69) is 15.3 Å². The van der Waals surface area contributed by atoms with Crippen LogP contribution in [-0.4, -0.2) is 22.4 Å². The fraction of sp³-hybridized carbons (Fsp3) is 0.167. The summed E-state index contributed by atoms with van der Waals surface area (Å²) in [5.41, 5.74) is 1.48. The number of ether oxygens (including phenoxy) is 1. The van der Waals surface area contributed by atoms with Crippen molar-refractivity contribution in [1.82, 2.24) is 15.3 Å². The summed E-state index contributed by atoms with van der Waals surface area (Å²) in [6.45, 7) is 0.920. The Morgan fingerprint density at radius 2 is 2.20 bits per heavy atom. The summed E-state index contributed by atoms with van der Waals surface area (Å²) in [7, 11) is 0. The van der Waals surface area contributed by atoms with Crippen LogP contribution in [0.2, 0.25) is 5.02 Å². The standard InChI is InChI=1S/C18H16ClN3O2S/c19-14-4-1-3-13(9-14)18(23)21-8-6-15-12-25-17(22-15)11-24-16-5-2-7-20-10-16/h1-5,7,9-10,12H,6,8,11H2,(H,21,23). The fourth-order valence-electron chi connectivity index (χ4n) is 2.14. The van der Waals surface area contributed by atoms with E-state index in [1.54, 1.807) is 36.7 Å². The molecule has 2 aromatic heterocycles. The number of aromatic nitrogens is 2. The number of rotatable bonds is 7. The van der Waals surface area contributed by atoms with Gasteiger partial charge in [0.1, 0.15) is 17.4 Å². The lowest BCUT2D eigenvalue weighted by Crippen LogP contribution is -2.25. The first-order valence-corrected chi connectivity index (χ1v) is 8.96. The van der Waals surface area contributed by atoms with E-state index in [1.165, 1.54) is 11.3 Å². The summed E-state index contributed by atoms with van der Waals surface area (Å²) >= 11 is 7.43. The average molecular weight is 374 g/mol. The molecule has 0 saturated carbocycles. The van der Waals surface area contributed by atoms with E-state index in [9.17, 15) is 4.79 Å². The topological polar surface area (TPSA) is 64.1 Å². The average Bonchev–Trinajstić information content (AvgIpc) is 3.08. The third kappa shape index (κ3) is 5.27. The number of halogens is 1. The van der Waals surface area contributed by atoms with Crippen molar-refractivity contribution in [1.29, 1.82) is 0 Å². The van der Waals surface area contributed by atoms with Gasteiger partial charge >= 0.3 is 0 Å². The van der Waals surface area contributed by atoms with E-state index in [4.69, 9.17) is 16.3 Å². The Morgan fingerprint density at radius 1 is 1.28 bits per heavy atom. The number of thiazole rings is 1. The number of hydrogen-bond donors (Lipinski definition) is 1. The van der Waals surface area contributed by atoms with Gasteiger partial charge < -0.3 is 10.1 Å². The van der Waals surface area contributed by atoms with Gasteiger partial charge in [0.05, 0.1) is 11.9 Å². The number of nitrogens with zero attached hydrogens (tertiary/aromatic N) is 2. The molecular weight excluding hydrogens is 358 g/mol. The Bertz CT molecular complexity index is 839. The van der Waals surface area contributed by atoms with Crippen LogP contribution < -0.4 is 10.1 Å². The Balaban J connectivity index is 1.45. The highest BCUT2D eigenvalue weighted by Crippen LogP contribution is 2.14. The van der Waals surface area contributed by atoms with Gasteiger partial charge in [0.25, 0.3) is 5.91 Å². The van der Waals surface area contributed by atoms with E-state index in [-0.39, 0.29) is 5.91 Å². The summed E-state index contributed by atoms with van der Waals surface area (Å²) in [5, 5.41) is 6.28. The molecule has 1 amide bonds. The number of carbonyl (C=O) groups excluding carboxylic acids is 1. The van der Waals surface area contributed by atoms with Crippen molar-refractivity contribution < 1.29 is 9.53 Å². The van der Waals surface area contributed by atoms with Gasteiger partial charge in [-0.1, -0.05) is 17.7 Å². The van der Waals surface area contributed by atoms with Crippen LogP contribution in [0.3, 0.4) is 0 Å². The van der Waals surface area contributed by atoms with Crippen molar-refractivity contribution in [3.05, 3.63) is 75.5 Å². The quantitative estimate of drug-likeness (QED) is 0.685. The first-order valence-electron chi connectivity index (χ1n) is 7.70. The van der Waals surface area contributed by atoms with Crippen molar-refractivity contribution in [3.8, 4) is 5.75 Å². The molecule has 0 aliphatic heterocycles. The number of pyridine rings is 1. The summed E-state index contributed by atoms with van der Waals surface area (Å²) in [4.78, 5) is 20.5. The highest BCUT2D eigenvalue weighted by molar-refractivity contribution is 7.09. The first-order chi connectivity index (χ1) is 12.2. The SMILES string of the molecule is O=C(NCCc1csc(COc2cccnc2)n1)c1cccc(Cl)c1. The molecule has 0 radical (unpaired) electrons. The number of carbonyl (C=O) groups is 1. The molecule has 0 spiro atoms. The molecule has 0 aliphatic carbocycles. The molecular formula is C18H16ClN3O2S. The lowest BCUT2D eigenvalue weighted by molar-refractivity contribution is 0.0954. The Morgan fingerprint density at radius 3 is 3.00 bits per heavy atom. The van der Waals surface area contributed by atoms with Crippen LogP contribution >= 0.6 is 22.9 Å². The second-order valence-corrected chi connectivity index (χ2v) is 6.61. The second kappa shape index (κ2) is 8.60. The van der Waals surface area contributed by atoms with Gasteiger partial charge in [0.2, 0.25) is 0 Å². The number of benzene rings is 1. The minimum Gasteiger partial charge on any atom is -0.485 e. The molecule has 3 aromatic rings. The van der Waals surface area contributed by atoms with Crippen molar-refractivity contribution in [2.75, 3.05) is 6.54 Å². The van der Waals surface area contributed by atoms with Crippen molar-refractivity contribution in [3.63, 3.8) is 0 Å². The maximum Gasteiger partial charge on any atom is 0.251 e. The summed E-state index contributed by atoms with van der Waals surface area (Å²) in [6, 6.07) is 10.6. The molecule has 0 saturated heterocycles. The molecule has 0 bridgehead atoms. The predicted molar refractivity (Wildman–Crippen MR) is 98.2 cm³/mol. The van der Waals surface area contributed by atoms with E-state index in [1.807, 2.05) is 17.5 Å². The van der Waals surface area contributed by atoms with E-state index in [0.717, 1.165) is 10.7 Å². The Labute approximate surface area is 154 Å². The van der Waals surface area contributed by atoms with Crippen LogP contribution in [0.25, 0.3) is 0 Å². The first kappa shape index (κ1) is 17.4. The molecule has 1 N–H and O–H groups in total. The van der Waals surface area contributed by atoms with Gasteiger partial charge in [-0.3, -0.25) is 9.78 Å². The highest BCUT2D eigenvalue weighted by atomic mass is 35.5. The zero-order valence-corrected chi connectivity index (χ0v) is 14.9. The van der Waals surface area contributed by atoms with Gasteiger partial charge in [-0.05, 0) is 30.3 Å². The lowest BCUT2D eigenvalue weighted by Gasteiger charge is -2.04. The van der Waals surface area contributed by atoms with Crippen LogP contribution in [-0.2, 0) is 13.0 Å². The maximum absolute atomic E-state index is 12.0. The molecule has 0 atom stereocenters. The zero-order valence-electron chi connectivity index (χ0n) is 13.3. The second-order valence-electron chi connectivity index (χ2n) is 5.23. The van der Waals surface area contributed by atoms with Crippen molar-refractivity contribution in [2.24, 2.45) is 0 Å². The highest BCUT2D eigenvalue weighted by Gasteiger charge is 2.07. The van der Waals surface area contributed by atoms with Gasteiger partial charge in [-0.25, -0.2) is 4.98 Å². The number of amides is 1. The molecule has 7 heteroatoms. The van der Waals surface area contributed by atoms with Gasteiger partial charge in [0.15, 0.2) is 0 Å². The molecule has 5 nitrogen and oxygen atoms in total. The molecule has 0 fully saturated rings. The molecule has 3 rings (SSSR count). The van der Waals surface area contributed by atoms with Crippen LogP contribution in [0.5, 0.6) is 5.75 Å². The fourth-order valence-corrected chi connectivity index (χ4v) is 3.07.